The van der Waals surface area contributed by atoms with E-state index in [-0.39, 0.29) is 6.61 Å². The van der Waals surface area contributed by atoms with Gasteiger partial charge in [-0.15, -0.1) is 0 Å². The van der Waals surface area contributed by atoms with E-state index in [1.54, 1.807) is 0 Å². The van der Waals surface area contributed by atoms with Gasteiger partial charge >= 0.3 is 0 Å². The number of fused-ring (bicyclic) bond motifs is 1. The van der Waals surface area contributed by atoms with Gasteiger partial charge in [-0.25, -0.2) is 8.42 Å². The van der Waals surface area contributed by atoms with Gasteiger partial charge in [0.1, 0.15) is 18.1 Å². The highest BCUT2D eigenvalue weighted by Crippen LogP contribution is 2.28. The Hall–Kier alpha value is -2.62. The number of aldehydes is 1. The summed E-state index contributed by atoms with van der Waals surface area (Å²) in [5.74, 6) is 1.66. The second-order valence-electron chi connectivity index (χ2n) is 8.22. The zero-order chi connectivity index (χ0) is 24.8. The molecule has 2 heterocycles. The monoisotopic (exact) mass is 491 g/mol. The van der Waals surface area contributed by atoms with Crippen molar-refractivity contribution in [2.45, 2.75) is 25.7 Å². The number of carbonyl (C=O) groups is 1. The first-order valence-electron chi connectivity index (χ1n) is 11.5. The molecule has 0 unspecified atom stereocenters. The van der Waals surface area contributed by atoms with Crippen molar-refractivity contribution in [2.24, 2.45) is 0 Å². The number of sulfonamides is 1. The number of benzene rings is 2. The summed E-state index contributed by atoms with van der Waals surface area (Å²) >= 11 is 0. The van der Waals surface area contributed by atoms with Crippen LogP contribution in [-0.4, -0.2) is 72.8 Å². The molecule has 0 atom stereocenters. The topological polar surface area (TPSA) is 97.0 Å². The van der Waals surface area contributed by atoms with Gasteiger partial charge in [-0.3, -0.25) is 9.52 Å². The number of rotatable bonds is 8. The molecule has 9 heteroatoms. The van der Waals surface area contributed by atoms with Gasteiger partial charge in [-0.05, 0) is 82.3 Å². The number of hydrogen-bond donors (Lipinski definition) is 2. The Bertz CT molecular complexity index is 975. The smallest absolute Gasteiger partial charge is 0.229 e. The Morgan fingerprint density at radius 3 is 2.38 bits per heavy atom. The normalized spacial score (nSPS) is 14.6. The second-order valence-corrected chi connectivity index (χ2v) is 9.96. The molecule has 0 radical (unpaired) electrons. The van der Waals surface area contributed by atoms with Crippen LogP contribution in [0.2, 0.25) is 0 Å². The summed E-state index contributed by atoms with van der Waals surface area (Å²) in [4.78, 5) is 12.5. The van der Waals surface area contributed by atoms with Crippen LogP contribution in [0.4, 0.5) is 5.69 Å². The summed E-state index contributed by atoms with van der Waals surface area (Å²) in [6.07, 6.45) is 6.49. The number of anilines is 1. The highest BCUT2D eigenvalue weighted by Gasteiger charge is 2.12. The van der Waals surface area contributed by atoms with E-state index in [0.717, 1.165) is 55.6 Å². The number of nitrogens with one attached hydrogen (secondary N) is 2. The Morgan fingerprint density at radius 1 is 1.09 bits per heavy atom. The Kier molecular flexibility index (Phi) is 11.9. The van der Waals surface area contributed by atoms with Crippen molar-refractivity contribution in [1.29, 1.82) is 0 Å². The number of hydrogen-bond acceptors (Lipinski definition) is 7. The number of ether oxygens (including phenoxy) is 2. The molecule has 0 spiro atoms. The average molecular weight is 492 g/mol. The highest BCUT2D eigenvalue weighted by molar-refractivity contribution is 7.92. The van der Waals surface area contributed by atoms with Gasteiger partial charge in [-0.2, -0.15) is 0 Å². The molecule has 2 aliphatic heterocycles. The summed E-state index contributed by atoms with van der Waals surface area (Å²) in [6.45, 7) is 4.38. The first kappa shape index (κ1) is 27.6. The summed E-state index contributed by atoms with van der Waals surface area (Å²) in [5, 5.41) is 2.75. The van der Waals surface area contributed by atoms with Crippen molar-refractivity contribution in [3.63, 3.8) is 0 Å². The molecule has 0 aliphatic carbocycles. The van der Waals surface area contributed by atoms with Crippen LogP contribution < -0.4 is 19.5 Å². The van der Waals surface area contributed by atoms with Gasteiger partial charge in [0, 0.05) is 24.2 Å². The Morgan fingerprint density at radius 2 is 1.76 bits per heavy atom. The van der Waals surface area contributed by atoms with E-state index in [9.17, 15) is 13.2 Å². The summed E-state index contributed by atoms with van der Waals surface area (Å²) < 4.78 is 35.1. The van der Waals surface area contributed by atoms with Crippen molar-refractivity contribution >= 4 is 22.0 Å². The molecule has 0 aromatic heterocycles. The van der Waals surface area contributed by atoms with Gasteiger partial charge in [0.15, 0.2) is 6.29 Å². The minimum absolute atomic E-state index is 0.111. The van der Waals surface area contributed by atoms with Crippen LogP contribution in [0.1, 0.15) is 24.0 Å². The maximum atomic E-state index is 11.1. The quantitative estimate of drug-likeness (QED) is 0.548. The number of likely N-dealkylation sites (tertiary alicyclic amines) is 1. The third-order valence-corrected chi connectivity index (χ3v) is 5.76. The maximum absolute atomic E-state index is 11.1. The molecule has 0 amide bonds. The van der Waals surface area contributed by atoms with E-state index < -0.39 is 10.0 Å². The standard InChI is InChI=1S/C13H20N2O2S.C10H10O3.C2H7N/c1-18(16,17)14-13-6-4-12(5-7-13)8-11-15-9-2-3-10-15;11-4-6-12-9-1-2-10-8(7-9)3-5-13-10;1-3-2/h4-7,14H,2-3,8-11H2,1H3;1-2,4,7H,3,5-6H2;3H,1-2H3. The summed E-state index contributed by atoms with van der Waals surface area (Å²) in [6, 6.07) is 13.2. The van der Waals surface area contributed by atoms with Crippen molar-refractivity contribution in [3.05, 3.63) is 53.6 Å². The maximum Gasteiger partial charge on any atom is 0.229 e. The molecule has 1 fully saturated rings. The van der Waals surface area contributed by atoms with Crippen molar-refractivity contribution in [1.82, 2.24) is 10.2 Å². The SMILES string of the molecule is CNC.CS(=O)(=O)Nc1ccc(CCN2CCCC2)cc1.O=CCOc1ccc2c(c1)CCO2. The molecule has 34 heavy (non-hydrogen) atoms. The van der Waals surface area contributed by atoms with Gasteiger partial charge in [0.05, 0.1) is 12.9 Å². The van der Waals surface area contributed by atoms with Gasteiger partial charge in [0.25, 0.3) is 0 Å². The first-order chi connectivity index (χ1) is 16.3. The van der Waals surface area contributed by atoms with Crippen LogP contribution in [0.5, 0.6) is 11.5 Å². The molecule has 2 N–H and O–H groups in total. The van der Waals surface area contributed by atoms with Crippen LogP contribution in [0, 0.1) is 0 Å². The van der Waals surface area contributed by atoms with Crippen molar-refractivity contribution < 1.29 is 22.7 Å². The molecule has 0 saturated carbocycles. The summed E-state index contributed by atoms with van der Waals surface area (Å²) in [7, 11) is 0.576. The van der Waals surface area contributed by atoms with Gasteiger partial charge in [0.2, 0.25) is 10.0 Å². The molecule has 2 aromatic carbocycles. The molecule has 0 bridgehead atoms. The highest BCUT2D eigenvalue weighted by atomic mass is 32.2. The fraction of sp³-hybridized carbons (Fsp3) is 0.480. The largest absolute Gasteiger partial charge is 0.493 e. The number of carbonyl (C=O) groups excluding carboxylic acids is 1. The van der Waals surface area contributed by atoms with Crippen LogP contribution >= 0.6 is 0 Å². The average Bonchev–Trinajstić information content (AvgIpc) is 3.49. The Labute approximate surface area is 203 Å². The first-order valence-corrected chi connectivity index (χ1v) is 13.4. The molecule has 1 saturated heterocycles. The van der Waals surface area contributed by atoms with E-state index in [4.69, 9.17) is 9.47 Å². The van der Waals surface area contributed by atoms with Gasteiger partial charge in [-0.1, -0.05) is 12.1 Å². The Balaban J connectivity index is 0.000000224. The van der Waals surface area contributed by atoms with Crippen LogP contribution in [-0.2, 0) is 27.7 Å². The third kappa shape index (κ3) is 10.5. The van der Waals surface area contributed by atoms with Crippen LogP contribution in [0.15, 0.2) is 42.5 Å². The van der Waals surface area contributed by atoms with E-state index in [2.05, 4.69) is 14.9 Å². The molecule has 4 rings (SSSR count). The zero-order valence-corrected chi connectivity index (χ0v) is 21.2. The molecule has 2 aromatic rings. The van der Waals surface area contributed by atoms with E-state index in [1.807, 2.05) is 56.6 Å². The van der Waals surface area contributed by atoms with E-state index in [1.165, 1.54) is 31.5 Å². The van der Waals surface area contributed by atoms with Crippen LogP contribution in [0.25, 0.3) is 0 Å². The third-order valence-electron chi connectivity index (χ3n) is 5.15. The molecule has 2 aliphatic rings. The number of nitrogens with zero attached hydrogens (tertiary/aromatic N) is 1. The lowest BCUT2D eigenvalue weighted by molar-refractivity contribution is -0.109. The molecular weight excluding hydrogens is 454 g/mol. The predicted octanol–water partition coefficient (Wildman–Crippen LogP) is 2.73. The molecular formula is C25H37N3O5S. The van der Waals surface area contributed by atoms with E-state index in [0.29, 0.717) is 5.69 Å². The fourth-order valence-electron chi connectivity index (χ4n) is 3.63. The van der Waals surface area contributed by atoms with Crippen LogP contribution in [0.3, 0.4) is 0 Å². The molecule has 8 nitrogen and oxygen atoms in total. The zero-order valence-electron chi connectivity index (χ0n) is 20.4. The minimum atomic E-state index is -3.17. The lowest BCUT2D eigenvalue weighted by Gasteiger charge is -2.14. The van der Waals surface area contributed by atoms with E-state index >= 15 is 0 Å². The molecule has 188 valence electrons. The minimum Gasteiger partial charge on any atom is -0.493 e. The lowest BCUT2D eigenvalue weighted by atomic mass is 10.1. The van der Waals surface area contributed by atoms with Crippen molar-refractivity contribution in [2.75, 3.05) is 57.9 Å². The second kappa shape index (κ2) is 14.6. The van der Waals surface area contributed by atoms with Crippen molar-refractivity contribution in [3.8, 4) is 11.5 Å². The predicted molar refractivity (Wildman–Crippen MR) is 136 cm³/mol. The van der Waals surface area contributed by atoms with Gasteiger partial charge < -0.3 is 19.7 Å². The lowest BCUT2D eigenvalue weighted by Crippen LogP contribution is -2.21. The summed E-state index contributed by atoms with van der Waals surface area (Å²) in [5.41, 5.74) is 3.03. The fourth-order valence-corrected chi connectivity index (χ4v) is 4.19.